The second kappa shape index (κ2) is 6.72. The van der Waals surface area contributed by atoms with Crippen LogP contribution in [0.5, 0.6) is 11.5 Å². The van der Waals surface area contributed by atoms with Crippen molar-refractivity contribution in [2.75, 3.05) is 33.8 Å². The molecule has 0 aromatic heterocycles. The monoisotopic (exact) mass is 278 g/mol. The molecule has 110 valence electrons. The molecule has 1 aromatic carbocycles. The summed E-state index contributed by atoms with van der Waals surface area (Å²) in [5.41, 5.74) is 5.99. The maximum absolute atomic E-state index is 12.0. The summed E-state index contributed by atoms with van der Waals surface area (Å²) < 4.78 is 11.4. The number of para-hydroxylation sites is 1. The van der Waals surface area contributed by atoms with Crippen molar-refractivity contribution < 1.29 is 14.3 Å². The molecule has 1 heterocycles. The van der Waals surface area contributed by atoms with Gasteiger partial charge >= 0.3 is 0 Å². The molecule has 2 rings (SSSR count). The van der Waals surface area contributed by atoms with Crippen molar-refractivity contribution >= 4 is 5.78 Å². The number of benzene rings is 1. The van der Waals surface area contributed by atoms with Crippen molar-refractivity contribution in [3.63, 3.8) is 0 Å². The first-order chi connectivity index (χ1) is 9.65. The zero-order chi connectivity index (χ0) is 14.5. The van der Waals surface area contributed by atoms with Gasteiger partial charge in [-0.25, -0.2) is 0 Å². The number of hydrogen-bond acceptors (Lipinski definition) is 5. The third-order valence-electron chi connectivity index (χ3n) is 3.50. The number of ketones is 1. The largest absolute Gasteiger partial charge is 0.492 e. The minimum Gasteiger partial charge on any atom is -0.492 e. The number of carbonyl (C=O) groups is 1. The topological polar surface area (TPSA) is 64.8 Å². The number of carbonyl (C=O) groups excluding carboxylic acids is 1. The van der Waals surface area contributed by atoms with Gasteiger partial charge in [0.2, 0.25) is 0 Å². The van der Waals surface area contributed by atoms with Gasteiger partial charge in [-0.3, -0.25) is 4.79 Å². The number of methoxy groups -OCH3 is 1. The average Bonchev–Trinajstić information content (AvgIpc) is 2.84. The zero-order valence-electron chi connectivity index (χ0n) is 12.1. The number of nitrogens with zero attached hydrogens (tertiary/aromatic N) is 1. The predicted molar refractivity (Wildman–Crippen MR) is 77.5 cm³/mol. The summed E-state index contributed by atoms with van der Waals surface area (Å²) in [6.45, 7) is 2.25. The third kappa shape index (κ3) is 3.29. The van der Waals surface area contributed by atoms with Gasteiger partial charge in [-0.15, -0.1) is 0 Å². The summed E-state index contributed by atoms with van der Waals surface area (Å²) in [6.07, 6.45) is 1.45. The molecule has 1 aliphatic rings. The Hall–Kier alpha value is -1.59. The highest BCUT2D eigenvalue weighted by Gasteiger charge is 2.23. The molecule has 1 atom stereocenters. The number of likely N-dealkylation sites (N-methyl/N-ethyl adjacent to an activating group) is 1. The molecule has 2 N–H and O–H groups in total. The first-order valence-electron chi connectivity index (χ1n) is 6.91. The number of rotatable bonds is 6. The maximum atomic E-state index is 12.0. The predicted octanol–water partition coefficient (Wildman–Crippen LogP) is 1.31. The van der Waals surface area contributed by atoms with E-state index in [1.165, 1.54) is 0 Å². The molecular weight excluding hydrogens is 256 g/mol. The molecular formula is C15H22N2O3. The van der Waals surface area contributed by atoms with Crippen molar-refractivity contribution in [3.8, 4) is 11.5 Å². The van der Waals surface area contributed by atoms with Crippen molar-refractivity contribution in [2.24, 2.45) is 5.73 Å². The second-order valence-corrected chi connectivity index (χ2v) is 5.09. The summed E-state index contributed by atoms with van der Waals surface area (Å²) in [5, 5.41) is 0. The Kier molecular flexibility index (Phi) is 4.98. The summed E-state index contributed by atoms with van der Waals surface area (Å²) in [6, 6.07) is 5.42. The standard InChI is InChI=1S/C15H22N2O3/c1-17-9-7-11(10-17)20-14-5-3-4-12(15(14)19-2)13(18)6-8-16/h3-5,11H,6-10,16H2,1-2H3. The van der Waals surface area contributed by atoms with Crippen LogP contribution in [-0.4, -0.2) is 50.6 Å². The van der Waals surface area contributed by atoms with Crippen LogP contribution in [0.25, 0.3) is 0 Å². The van der Waals surface area contributed by atoms with E-state index in [0.29, 0.717) is 30.0 Å². The minimum absolute atomic E-state index is 0.0154. The molecule has 5 nitrogen and oxygen atoms in total. The summed E-state index contributed by atoms with van der Waals surface area (Å²) in [4.78, 5) is 14.3. The zero-order valence-corrected chi connectivity index (χ0v) is 12.1. The van der Waals surface area contributed by atoms with E-state index in [1.807, 2.05) is 12.1 Å². The molecule has 1 fully saturated rings. The molecule has 20 heavy (non-hydrogen) atoms. The smallest absolute Gasteiger partial charge is 0.171 e. The van der Waals surface area contributed by atoms with E-state index >= 15 is 0 Å². The van der Waals surface area contributed by atoms with Crippen LogP contribution in [-0.2, 0) is 0 Å². The van der Waals surface area contributed by atoms with Gasteiger partial charge in [0.15, 0.2) is 17.3 Å². The highest BCUT2D eigenvalue weighted by atomic mass is 16.5. The van der Waals surface area contributed by atoms with E-state index in [9.17, 15) is 4.79 Å². The van der Waals surface area contributed by atoms with Crippen LogP contribution in [0.4, 0.5) is 0 Å². The summed E-state index contributed by atoms with van der Waals surface area (Å²) >= 11 is 0. The molecule has 0 bridgehead atoms. The Morgan fingerprint density at radius 2 is 2.30 bits per heavy atom. The highest BCUT2D eigenvalue weighted by molar-refractivity contribution is 5.99. The SMILES string of the molecule is COc1c(OC2CCN(C)C2)cccc1C(=O)CCN. The molecule has 0 aliphatic carbocycles. The lowest BCUT2D eigenvalue weighted by Gasteiger charge is -2.18. The summed E-state index contributed by atoms with van der Waals surface area (Å²) in [5.74, 6) is 1.13. The number of hydrogen-bond donors (Lipinski definition) is 1. The van der Waals surface area contributed by atoms with Crippen LogP contribution in [0, 0.1) is 0 Å². The van der Waals surface area contributed by atoms with Crippen LogP contribution < -0.4 is 15.2 Å². The van der Waals surface area contributed by atoms with Crippen molar-refractivity contribution in [3.05, 3.63) is 23.8 Å². The molecule has 1 saturated heterocycles. The number of nitrogens with two attached hydrogens (primary N) is 1. The highest BCUT2D eigenvalue weighted by Crippen LogP contribution is 2.33. The van der Waals surface area contributed by atoms with Crippen LogP contribution in [0.3, 0.4) is 0 Å². The Morgan fingerprint density at radius 3 is 2.90 bits per heavy atom. The molecule has 1 aliphatic heterocycles. The van der Waals surface area contributed by atoms with Gasteiger partial charge in [-0.05, 0) is 32.1 Å². The lowest BCUT2D eigenvalue weighted by molar-refractivity contribution is 0.0981. The number of Topliss-reactive ketones (excluding diaryl/α,β-unsaturated/α-hetero) is 1. The number of likely N-dealkylation sites (tertiary alicyclic amines) is 1. The molecule has 5 heteroatoms. The van der Waals surface area contributed by atoms with Crippen molar-refractivity contribution in [2.45, 2.75) is 18.9 Å². The Bertz CT molecular complexity index is 476. The van der Waals surface area contributed by atoms with E-state index in [4.69, 9.17) is 15.2 Å². The first-order valence-corrected chi connectivity index (χ1v) is 6.91. The number of ether oxygens (including phenoxy) is 2. The Labute approximate surface area is 119 Å². The summed E-state index contributed by atoms with van der Waals surface area (Å²) in [7, 11) is 3.63. The Balaban J connectivity index is 2.20. The van der Waals surface area contributed by atoms with Gasteiger partial charge in [-0.1, -0.05) is 6.07 Å². The molecule has 0 amide bonds. The van der Waals surface area contributed by atoms with Crippen LogP contribution >= 0.6 is 0 Å². The maximum Gasteiger partial charge on any atom is 0.171 e. The van der Waals surface area contributed by atoms with Crippen LogP contribution in [0.2, 0.25) is 0 Å². The minimum atomic E-state index is -0.0154. The van der Waals surface area contributed by atoms with E-state index in [1.54, 1.807) is 13.2 Å². The van der Waals surface area contributed by atoms with Crippen LogP contribution in [0.1, 0.15) is 23.2 Å². The van der Waals surface area contributed by atoms with Gasteiger partial charge in [-0.2, -0.15) is 0 Å². The second-order valence-electron chi connectivity index (χ2n) is 5.09. The molecule has 0 spiro atoms. The lowest BCUT2D eigenvalue weighted by atomic mass is 10.1. The van der Waals surface area contributed by atoms with Gasteiger partial charge in [0.05, 0.1) is 12.7 Å². The van der Waals surface area contributed by atoms with E-state index in [2.05, 4.69) is 11.9 Å². The third-order valence-corrected chi connectivity index (χ3v) is 3.50. The fourth-order valence-corrected chi connectivity index (χ4v) is 2.47. The van der Waals surface area contributed by atoms with E-state index in [-0.39, 0.29) is 11.9 Å². The average molecular weight is 278 g/mol. The van der Waals surface area contributed by atoms with Gasteiger partial charge in [0.1, 0.15) is 6.10 Å². The normalized spacial score (nSPS) is 19.1. The Morgan fingerprint density at radius 1 is 1.50 bits per heavy atom. The van der Waals surface area contributed by atoms with Gasteiger partial charge in [0, 0.05) is 19.5 Å². The van der Waals surface area contributed by atoms with Crippen molar-refractivity contribution in [1.29, 1.82) is 0 Å². The molecule has 0 saturated carbocycles. The van der Waals surface area contributed by atoms with E-state index in [0.717, 1.165) is 19.5 Å². The first kappa shape index (κ1) is 14.8. The molecule has 0 radical (unpaired) electrons. The van der Waals surface area contributed by atoms with Gasteiger partial charge < -0.3 is 20.1 Å². The fourth-order valence-electron chi connectivity index (χ4n) is 2.47. The quantitative estimate of drug-likeness (QED) is 0.795. The molecule has 1 unspecified atom stereocenters. The van der Waals surface area contributed by atoms with Gasteiger partial charge in [0.25, 0.3) is 0 Å². The van der Waals surface area contributed by atoms with Crippen LogP contribution in [0.15, 0.2) is 18.2 Å². The fraction of sp³-hybridized carbons (Fsp3) is 0.533. The van der Waals surface area contributed by atoms with Crippen molar-refractivity contribution in [1.82, 2.24) is 4.90 Å². The molecule has 1 aromatic rings. The lowest BCUT2D eigenvalue weighted by Crippen LogP contribution is -2.22. The van der Waals surface area contributed by atoms with E-state index < -0.39 is 0 Å².